The van der Waals surface area contributed by atoms with Crippen molar-refractivity contribution >= 4 is 41.4 Å². The molecule has 0 spiro atoms. The lowest BCUT2D eigenvalue weighted by molar-refractivity contribution is -0.133. The van der Waals surface area contributed by atoms with Crippen molar-refractivity contribution in [1.29, 1.82) is 0 Å². The lowest BCUT2D eigenvalue weighted by Crippen LogP contribution is -2.32. The maximum atomic E-state index is 14.7. The molecule has 0 aliphatic carbocycles. The highest BCUT2D eigenvalue weighted by Crippen LogP contribution is 2.54. The van der Waals surface area contributed by atoms with E-state index in [1.807, 2.05) is 0 Å². The molecule has 2 aliphatic rings. The van der Waals surface area contributed by atoms with Crippen LogP contribution >= 0.6 is 0 Å². The van der Waals surface area contributed by atoms with Gasteiger partial charge in [0.25, 0.3) is 0 Å². The van der Waals surface area contributed by atoms with Gasteiger partial charge in [-0.05, 0) is 47.5 Å². The SMILES string of the molecule is CC(=O)Oc1ccc(C2CC(=O)c3c(cc(OC(C)=O)c([C@H]4C(=O)c5ccc(OC(C)=O)cc5O[C@@H]4c4ccc(OC(C)=O)cc4)c3OC(C)=O)O2)cc1. The van der Waals surface area contributed by atoms with E-state index < -0.39 is 59.5 Å². The number of carbonyl (C=O) groups is 7. The van der Waals surface area contributed by atoms with E-state index in [1.54, 1.807) is 36.4 Å². The molecule has 14 heteroatoms. The third-order valence-corrected chi connectivity index (χ3v) is 8.28. The van der Waals surface area contributed by atoms with Crippen LogP contribution in [-0.2, 0) is 24.0 Å². The van der Waals surface area contributed by atoms with E-state index in [0.717, 1.165) is 13.8 Å². The van der Waals surface area contributed by atoms with Crippen LogP contribution in [0.25, 0.3) is 0 Å². The van der Waals surface area contributed by atoms with E-state index in [-0.39, 0.29) is 63.4 Å². The topological polar surface area (TPSA) is 184 Å². The Hall–Kier alpha value is -6.83. The highest BCUT2D eigenvalue weighted by Gasteiger charge is 2.46. The lowest BCUT2D eigenvalue weighted by Gasteiger charge is -2.36. The average molecular weight is 737 g/mol. The molecule has 4 aromatic carbocycles. The summed E-state index contributed by atoms with van der Waals surface area (Å²) >= 11 is 0. The minimum atomic E-state index is -1.43. The molecule has 0 N–H and O–H groups in total. The first-order valence-electron chi connectivity index (χ1n) is 16.6. The molecule has 0 fully saturated rings. The zero-order valence-electron chi connectivity index (χ0n) is 29.6. The second kappa shape index (κ2) is 15.0. The van der Waals surface area contributed by atoms with Gasteiger partial charge in [-0.15, -0.1) is 0 Å². The summed E-state index contributed by atoms with van der Waals surface area (Å²) in [6, 6.07) is 17.8. The van der Waals surface area contributed by atoms with Gasteiger partial charge in [0, 0.05) is 46.8 Å². The molecule has 0 bridgehead atoms. The van der Waals surface area contributed by atoms with Crippen molar-refractivity contribution in [2.24, 2.45) is 0 Å². The van der Waals surface area contributed by atoms with E-state index in [1.165, 1.54) is 57.2 Å². The van der Waals surface area contributed by atoms with Gasteiger partial charge in [-0.1, -0.05) is 24.3 Å². The molecule has 4 aromatic rings. The van der Waals surface area contributed by atoms with Crippen molar-refractivity contribution in [3.05, 3.63) is 101 Å². The van der Waals surface area contributed by atoms with Crippen LogP contribution in [0.15, 0.2) is 72.8 Å². The smallest absolute Gasteiger partial charge is 0.308 e. The van der Waals surface area contributed by atoms with Gasteiger partial charge in [0.2, 0.25) is 0 Å². The third-order valence-electron chi connectivity index (χ3n) is 8.28. The van der Waals surface area contributed by atoms with Crippen LogP contribution < -0.4 is 33.2 Å². The fourth-order valence-corrected chi connectivity index (χ4v) is 6.31. The van der Waals surface area contributed by atoms with Gasteiger partial charge in [0.1, 0.15) is 52.3 Å². The number of fused-ring (bicyclic) bond motifs is 2. The molecule has 3 atom stereocenters. The van der Waals surface area contributed by atoms with Crippen molar-refractivity contribution in [3.8, 4) is 40.2 Å². The molecular formula is C40H32O14. The molecule has 6 rings (SSSR count). The molecule has 2 aliphatic heterocycles. The molecule has 0 saturated carbocycles. The molecule has 54 heavy (non-hydrogen) atoms. The van der Waals surface area contributed by atoms with Gasteiger partial charge in [-0.25, -0.2) is 0 Å². The number of hydrogen-bond acceptors (Lipinski definition) is 14. The fourth-order valence-electron chi connectivity index (χ4n) is 6.31. The summed E-state index contributed by atoms with van der Waals surface area (Å²) in [5, 5.41) is 0. The van der Waals surface area contributed by atoms with Crippen molar-refractivity contribution < 1.29 is 66.7 Å². The number of ether oxygens (including phenoxy) is 7. The number of rotatable bonds is 8. The zero-order valence-corrected chi connectivity index (χ0v) is 29.6. The first kappa shape index (κ1) is 36.9. The Bertz CT molecular complexity index is 2220. The first-order valence-corrected chi connectivity index (χ1v) is 16.6. The largest absolute Gasteiger partial charge is 0.484 e. The van der Waals surface area contributed by atoms with Crippen molar-refractivity contribution in [2.75, 3.05) is 0 Å². The Morgan fingerprint density at radius 1 is 0.574 bits per heavy atom. The maximum absolute atomic E-state index is 14.7. The second-order valence-corrected chi connectivity index (χ2v) is 12.4. The lowest BCUT2D eigenvalue weighted by atomic mass is 9.78. The highest BCUT2D eigenvalue weighted by molar-refractivity contribution is 6.08. The minimum Gasteiger partial charge on any atom is -0.484 e. The minimum absolute atomic E-state index is 0.0452. The standard InChI is InChI=1S/C40H32O14/c1-19(41)48-26-10-6-24(7-11-26)31-17-30(46)35-33(53-31)18-34(51-22(4)44)36(40(35)52-23(5)45)37-38(47)29-15-14-28(50-21(3)43)16-32(29)54-39(37)25-8-12-27(13-9-25)49-20(2)42/h6-16,18,31,37,39H,17H2,1-5H3/t31?,37-,39+/m0/s1. The first-order chi connectivity index (χ1) is 25.7. The molecule has 14 nitrogen and oxygen atoms in total. The second-order valence-electron chi connectivity index (χ2n) is 12.4. The molecule has 276 valence electrons. The van der Waals surface area contributed by atoms with Gasteiger partial charge in [-0.2, -0.15) is 0 Å². The number of benzene rings is 4. The fraction of sp³-hybridized carbons (Fsp3) is 0.225. The van der Waals surface area contributed by atoms with Crippen molar-refractivity contribution in [3.63, 3.8) is 0 Å². The Morgan fingerprint density at radius 2 is 1.09 bits per heavy atom. The average Bonchev–Trinajstić information content (AvgIpc) is 3.08. The molecule has 1 unspecified atom stereocenters. The Kier molecular flexibility index (Phi) is 10.3. The summed E-state index contributed by atoms with van der Waals surface area (Å²) in [7, 11) is 0. The van der Waals surface area contributed by atoms with Gasteiger partial charge in [0.05, 0.1) is 23.5 Å². The van der Waals surface area contributed by atoms with E-state index in [4.69, 9.17) is 33.2 Å². The molecule has 0 aromatic heterocycles. The summed E-state index contributed by atoms with van der Waals surface area (Å²) in [6.45, 7) is 5.95. The van der Waals surface area contributed by atoms with Crippen molar-refractivity contribution in [2.45, 2.75) is 59.2 Å². The molecule has 2 heterocycles. The number of carbonyl (C=O) groups excluding carboxylic acids is 7. The number of Topliss-reactive ketones (excluding diaryl/α,β-unsaturated/α-hetero) is 2. The number of ketones is 2. The molecule has 0 saturated heterocycles. The molecular weight excluding hydrogens is 704 g/mol. The van der Waals surface area contributed by atoms with E-state index in [2.05, 4.69) is 0 Å². The summed E-state index contributed by atoms with van der Waals surface area (Å²) in [4.78, 5) is 88.9. The quantitative estimate of drug-likeness (QED) is 0.149. The van der Waals surface area contributed by atoms with Crippen LogP contribution in [-0.4, -0.2) is 41.4 Å². The van der Waals surface area contributed by atoms with Crippen LogP contribution in [0.2, 0.25) is 0 Å². The zero-order chi connectivity index (χ0) is 38.8. The van der Waals surface area contributed by atoms with Gasteiger partial charge in [-0.3, -0.25) is 33.6 Å². The summed E-state index contributed by atoms with van der Waals surface area (Å²) in [5.41, 5.74) is 0.650. The predicted octanol–water partition coefficient (Wildman–Crippen LogP) is 6.12. The van der Waals surface area contributed by atoms with Crippen LogP contribution in [0.1, 0.15) is 96.6 Å². The van der Waals surface area contributed by atoms with Crippen LogP contribution in [0, 0.1) is 0 Å². The van der Waals surface area contributed by atoms with Crippen molar-refractivity contribution in [1.82, 2.24) is 0 Å². The maximum Gasteiger partial charge on any atom is 0.308 e. The van der Waals surface area contributed by atoms with Crippen LogP contribution in [0.3, 0.4) is 0 Å². The van der Waals surface area contributed by atoms with Gasteiger partial charge in [0.15, 0.2) is 17.3 Å². The third kappa shape index (κ3) is 7.82. The Labute approximate surface area is 307 Å². The van der Waals surface area contributed by atoms with E-state index >= 15 is 0 Å². The van der Waals surface area contributed by atoms with Gasteiger partial charge < -0.3 is 33.2 Å². The van der Waals surface area contributed by atoms with Crippen LogP contribution in [0.4, 0.5) is 0 Å². The number of esters is 5. The van der Waals surface area contributed by atoms with Gasteiger partial charge >= 0.3 is 29.8 Å². The summed E-state index contributed by atoms with van der Waals surface area (Å²) in [5.74, 6) is -5.93. The van der Waals surface area contributed by atoms with Crippen LogP contribution in [0.5, 0.6) is 40.2 Å². The number of hydrogen-bond donors (Lipinski definition) is 0. The molecule has 0 radical (unpaired) electrons. The summed E-state index contributed by atoms with van der Waals surface area (Å²) in [6.07, 6.45) is -2.31. The van der Waals surface area contributed by atoms with E-state index in [0.29, 0.717) is 11.1 Å². The normalized spacial score (nSPS) is 17.1. The Balaban J connectivity index is 1.54. The molecule has 0 amide bonds. The predicted molar refractivity (Wildman–Crippen MR) is 185 cm³/mol. The Morgan fingerprint density at radius 3 is 1.65 bits per heavy atom. The summed E-state index contributed by atoms with van der Waals surface area (Å²) < 4.78 is 39.6. The highest BCUT2D eigenvalue weighted by atomic mass is 16.6. The van der Waals surface area contributed by atoms with E-state index in [9.17, 15) is 33.6 Å². The monoisotopic (exact) mass is 736 g/mol.